The smallest absolute Gasteiger partial charge is 0.269 e. The fraction of sp³-hybridized carbons (Fsp3) is 0.364. The molecule has 0 saturated carbocycles. The first-order valence-electron chi connectivity index (χ1n) is 5.38. The Balaban J connectivity index is 2.37. The number of carbonyl (C=O) groups excluding carboxylic acids is 1. The molecule has 17 heavy (non-hydrogen) atoms. The second kappa shape index (κ2) is 6.47. The standard InChI is InChI=1S/C11H15N3O3/c1-2-12-11(15)7-8-13-9-3-5-10(6-4-9)14(16)17/h3-6,13H,2,7-8H2,1H3,(H,12,15). The molecule has 0 aliphatic heterocycles. The van der Waals surface area contributed by atoms with Crippen LogP contribution in [0.4, 0.5) is 11.4 Å². The normalized spacial score (nSPS) is 9.71. The Hall–Kier alpha value is -2.11. The zero-order chi connectivity index (χ0) is 12.7. The van der Waals surface area contributed by atoms with Gasteiger partial charge in [-0.25, -0.2) is 0 Å². The average molecular weight is 237 g/mol. The highest BCUT2D eigenvalue weighted by Gasteiger charge is 2.04. The van der Waals surface area contributed by atoms with E-state index in [2.05, 4.69) is 10.6 Å². The number of nitro benzene ring substituents is 1. The topological polar surface area (TPSA) is 84.3 Å². The van der Waals surface area contributed by atoms with E-state index in [1.165, 1.54) is 12.1 Å². The van der Waals surface area contributed by atoms with E-state index >= 15 is 0 Å². The summed E-state index contributed by atoms with van der Waals surface area (Å²) in [5, 5.41) is 16.1. The first-order valence-corrected chi connectivity index (χ1v) is 5.38. The van der Waals surface area contributed by atoms with Crippen LogP contribution in [-0.2, 0) is 4.79 Å². The lowest BCUT2D eigenvalue weighted by molar-refractivity contribution is -0.384. The Kier molecular flexibility index (Phi) is 4.93. The molecule has 92 valence electrons. The Morgan fingerprint density at radius 2 is 2.00 bits per heavy atom. The maximum absolute atomic E-state index is 11.1. The summed E-state index contributed by atoms with van der Waals surface area (Å²) in [5.74, 6) is -0.0121. The highest BCUT2D eigenvalue weighted by Crippen LogP contribution is 2.15. The molecule has 0 aliphatic rings. The monoisotopic (exact) mass is 237 g/mol. The highest BCUT2D eigenvalue weighted by molar-refractivity contribution is 5.76. The second-order valence-corrected chi connectivity index (χ2v) is 3.43. The van der Waals surface area contributed by atoms with Crippen LogP contribution in [-0.4, -0.2) is 23.9 Å². The summed E-state index contributed by atoms with van der Waals surface area (Å²) in [6, 6.07) is 6.09. The largest absolute Gasteiger partial charge is 0.385 e. The fourth-order valence-corrected chi connectivity index (χ4v) is 1.31. The number of carbonyl (C=O) groups is 1. The molecule has 6 nitrogen and oxygen atoms in total. The zero-order valence-corrected chi connectivity index (χ0v) is 9.60. The number of benzene rings is 1. The third-order valence-electron chi connectivity index (χ3n) is 2.13. The van der Waals surface area contributed by atoms with Gasteiger partial charge in [0.2, 0.25) is 5.91 Å². The minimum Gasteiger partial charge on any atom is -0.385 e. The van der Waals surface area contributed by atoms with Crippen LogP contribution in [0.3, 0.4) is 0 Å². The lowest BCUT2D eigenvalue weighted by Crippen LogP contribution is -2.24. The van der Waals surface area contributed by atoms with Crippen LogP contribution in [0.2, 0.25) is 0 Å². The molecule has 0 saturated heterocycles. The fourth-order valence-electron chi connectivity index (χ4n) is 1.31. The van der Waals surface area contributed by atoms with Crippen LogP contribution in [0.15, 0.2) is 24.3 Å². The molecule has 1 amide bonds. The van der Waals surface area contributed by atoms with Crippen LogP contribution in [0.1, 0.15) is 13.3 Å². The number of amides is 1. The van der Waals surface area contributed by atoms with Gasteiger partial charge in [0.25, 0.3) is 5.69 Å². The van der Waals surface area contributed by atoms with Crippen LogP contribution in [0.25, 0.3) is 0 Å². The number of hydrogen-bond donors (Lipinski definition) is 2. The molecule has 1 aromatic rings. The Morgan fingerprint density at radius 3 is 2.53 bits per heavy atom. The van der Waals surface area contributed by atoms with Gasteiger partial charge >= 0.3 is 0 Å². The summed E-state index contributed by atoms with van der Waals surface area (Å²) in [6.07, 6.45) is 0.380. The molecule has 6 heteroatoms. The summed E-state index contributed by atoms with van der Waals surface area (Å²) >= 11 is 0. The molecule has 0 spiro atoms. The lowest BCUT2D eigenvalue weighted by Gasteiger charge is -2.05. The van der Waals surface area contributed by atoms with E-state index in [9.17, 15) is 14.9 Å². The number of hydrogen-bond acceptors (Lipinski definition) is 4. The van der Waals surface area contributed by atoms with Gasteiger partial charge in [0.15, 0.2) is 0 Å². The molecule has 0 atom stereocenters. The van der Waals surface area contributed by atoms with Gasteiger partial charge in [0, 0.05) is 37.3 Å². The minimum absolute atomic E-state index is 0.0121. The third-order valence-corrected chi connectivity index (χ3v) is 2.13. The Labute approximate surface area is 99.2 Å². The van der Waals surface area contributed by atoms with Crippen LogP contribution >= 0.6 is 0 Å². The summed E-state index contributed by atoms with van der Waals surface area (Å²) in [7, 11) is 0. The summed E-state index contributed by atoms with van der Waals surface area (Å²) in [6.45, 7) is 2.99. The van der Waals surface area contributed by atoms with Gasteiger partial charge in [0.05, 0.1) is 4.92 Å². The van der Waals surface area contributed by atoms with E-state index in [1.54, 1.807) is 12.1 Å². The molecule has 0 heterocycles. The van der Waals surface area contributed by atoms with Crippen molar-refractivity contribution in [1.82, 2.24) is 5.32 Å². The number of nitrogens with one attached hydrogen (secondary N) is 2. The maximum atomic E-state index is 11.1. The summed E-state index contributed by atoms with van der Waals surface area (Å²) in [5.41, 5.74) is 0.819. The SMILES string of the molecule is CCNC(=O)CCNc1ccc([N+](=O)[O-])cc1. The van der Waals surface area contributed by atoms with E-state index in [4.69, 9.17) is 0 Å². The molecule has 0 fully saturated rings. The van der Waals surface area contributed by atoms with E-state index in [-0.39, 0.29) is 11.6 Å². The van der Waals surface area contributed by atoms with Crippen molar-refractivity contribution in [3.8, 4) is 0 Å². The highest BCUT2D eigenvalue weighted by atomic mass is 16.6. The minimum atomic E-state index is -0.446. The number of rotatable bonds is 6. The zero-order valence-electron chi connectivity index (χ0n) is 9.60. The van der Waals surface area contributed by atoms with Crippen molar-refractivity contribution in [2.75, 3.05) is 18.4 Å². The molecule has 0 radical (unpaired) electrons. The van der Waals surface area contributed by atoms with E-state index in [1.807, 2.05) is 6.92 Å². The number of nitrogens with zero attached hydrogens (tertiary/aromatic N) is 1. The van der Waals surface area contributed by atoms with Crippen LogP contribution < -0.4 is 10.6 Å². The first-order chi connectivity index (χ1) is 8.13. The van der Waals surface area contributed by atoms with Crippen molar-refractivity contribution in [1.29, 1.82) is 0 Å². The molecular formula is C11H15N3O3. The molecule has 1 aromatic carbocycles. The molecule has 0 aliphatic carbocycles. The second-order valence-electron chi connectivity index (χ2n) is 3.43. The van der Waals surface area contributed by atoms with Gasteiger partial charge in [-0.05, 0) is 19.1 Å². The molecular weight excluding hydrogens is 222 g/mol. The van der Waals surface area contributed by atoms with E-state index in [0.29, 0.717) is 19.5 Å². The van der Waals surface area contributed by atoms with Gasteiger partial charge in [-0.3, -0.25) is 14.9 Å². The number of non-ortho nitro benzene ring substituents is 1. The molecule has 0 aromatic heterocycles. The van der Waals surface area contributed by atoms with Crippen molar-refractivity contribution < 1.29 is 9.72 Å². The van der Waals surface area contributed by atoms with Crippen molar-refractivity contribution >= 4 is 17.3 Å². The van der Waals surface area contributed by atoms with E-state index in [0.717, 1.165) is 5.69 Å². The van der Waals surface area contributed by atoms with Crippen molar-refractivity contribution in [2.45, 2.75) is 13.3 Å². The maximum Gasteiger partial charge on any atom is 0.269 e. The predicted molar refractivity (Wildman–Crippen MR) is 64.9 cm³/mol. The third kappa shape index (κ3) is 4.50. The number of anilines is 1. The van der Waals surface area contributed by atoms with Gasteiger partial charge in [-0.15, -0.1) is 0 Å². The lowest BCUT2D eigenvalue weighted by atomic mass is 10.3. The molecule has 2 N–H and O–H groups in total. The van der Waals surface area contributed by atoms with Gasteiger partial charge in [0.1, 0.15) is 0 Å². The van der Waals surface area contributed by atoms with Crippen LogP contribution in [0.5, 0.6) is 0 Å². The van der Waals surface area contributed by atoms with Crippen molar-refractivity contribution in [3.63, 3.8) is 0 Å². The quantitative estimate of drug-likeness (QED) is 0.580. The van der Waals surface area contributed by atoms with Crippen molar-refractivity contribution in [3.05, 3.63) is 34.4 Å². The Bertz CT molecular complexity index is 389. The van der Waals surface area contributed by atoms with Gasteiger partial charge in [-0.2, -0.15) is 0 Å². The van der Waals surface area contributed by atoms with Crippen LogP contribution in [0, 0.1) is 10.1 Å². The van der Waals surface area contributed by atoms with Crippen molar-refractivity contribution in [2.24, 2.45) is 0 Å². The molecule has 0 bridgehead atoms. The van der Waals surface area contributed by atoms with E-state index < -0.39 is 4.92 Å². The summed E-state index contributed by atoms with van der Waals surface area (Å²) in [4.78, 5) is 21.1. The van der Waals surface area contributed by atoms with Gasteiger partial charge < -0.3 is 10.6 Å². The summed E-state index contributed by atoms with van der Waals surface area (Å²) < 4.78 is 0. The molecule has 0 unspecified atom stereocenters. The van der Waals surface area contributed by atoms with Gasteiger partial charge in [-0.1, -0.05) is 0 Å². The first kappa shape index (κ1) is 13.0. The average Bonchev–Trinajstić information content (AvgIpc) is 2.30. The molecule has 1 rings (SSSR count). The number of nitro groups is 1. The predicted octanol–water partition coefficient (Wildman–Crippen LogP) is 1.53. The Morgan fingerprint density at radius 1 is 1.35 bits per heavy atom.